The van der Waals surface area contributed by atoms with Gasteiger partial charge in [0, 0.05) is 23.5 Å². The summed E-state index contributed by atoms with van der Waals surface area (Å²) in [5, 5.41) is 13.9. The third kappa shape index (κ3) is 4.51. The highest BCUT2D eigenvalue weighted by Crippen LogP contribution is 2.49. The molecule has 0 spiro atoms. The number of hydrogen-bond acceptors (Lipinski definition) is 7. The predicted octanol–water partition coefficient (Wildman–Crippen LogP) is 4.80. The van der Waals surface area contributed by atoms with Crippen LogP contribution in [-0.4, -0.2) is 41.3 Å². The first kappa shape index (κ1) is 26.2. The molecule has 3 amide bonds. The summed E-state index contributed by atoms with van der Waals surface area (Å²) in [7, 11) is 0. The van der Waals surface area contributed by atoms with Crippen molar-refractivity contribution in [3.63, 3.8) is 0 Å². The quantitative estimate of drug-likeness (QED) is 0.184. The van der Waals surface area contributed by atoms with E-state index in [1.54, 1.807) is 24.3 Å². The highest BCUT2D eigenvalue weighted by atomic mass is 16.6. The van der Waals surface area contributed by atoms with E-state index in [0.29, 0.717) is 23.7 Å². The van der Waals surface area contributed by atoms with E-state index < -0.39 is 40.7 Å². The van der Waals surface area contributed by atoms with Gasteiger partial charge in [-0.3, -0.25) is 24.5 Å². The van der Waals surface area contributed by atoms with Crippen LogP contribution in [0, 0.1) is 22.0 Å². The first-order valence-electron chi connectivity index (χ1n) is 13.6. The van der Waals surface area contributed by atoms with Gasteiger partial charge in [0.15, 0.2) is 0 Å². The van der Waals surface area contributed by atoms with Gasteiger partial charge in [0.05, 0.1) is 35.1 Å². The lowest BCUT2D eigenvalue weighted by Gasteiger charge is -2.36. The molecule has 41 heavy (non-hydrogen) atoms. The molecule has 1 N–H and O–H groups in total. The van der Waals surface area contributed by atoms with Crippen LogP contribution in [0.3, 0.4) is 0 Å². The molecule has 208 valence electrons. The standard InChI is InChI=1S/C31H28N4O6/c1-2-3-18-41-23-15-13-21(14-16-23)33-30(37)26-25-17-8-19-6-4-5-7-24(19)34(25)28(27(26)31(33)38)29(36)32-20-9-11-22(12-10-20)35(39)40/h4-17,25-28H,2-3,18H2,1H3,(H,32,36)/t25-,26-,27-,28-/m0/s1. The maximum absolute atomic E-state index is 14.0. The highest BCUT2D eigenvalue weighted by Gasteiger charge is 2.64. The van der Waals surface area contributed by atoms with Crippen LogP contribution >= 0.6 is 0 Å². The van der Waals surface area contributed by atoms with Gasteiger partial charge < -0.3 is 15.0 Å². The average Bonchev–Trinajstić information content (AvgIpc) is 3.46. The van der Waals surface area contributed by atoms with Crippen LogP contribution in [0.25, 0.3) is 6.08 Å². The van der Waals surface area contributed by atoms with E-state index in [9.17, 15) is 24.5 Å². The minimum atomic E-state index is -0.982. The van der Waals surface area contributed by atoms with Gasteiger partial charge in [-0.2, -0.15) is 0 Å². The summed E-state index contributed by atoms with van der Waals surface area (Å²) in [6, 6.07) is 18.4. The van der Waals surface area contributed by atoms with Crippen molar-refractivity contribution >= 4 is 46.5 Å². The summed E-state index contributed by atoms with van der Waals surface area (Å²) in [5.74, 6) is -2.31. The third-order valence-corrected chi connectivity index (χ3v) is 7.89. The summed E-state index contributed by atoms with van der Waals surface area (Å²) in [4.78, 5) is 55.4. The Morgan fingerprint density at radius 3 is 2.39 bits per heavy atom. The largest absolute Gasteiger partial charge is 0.494 e. The van der Waals surface area contributed by atoms with Crippen LogP contribution in [0.1, 0.15) is 25.3 Å². The van der Waals surface area contributed by atoms with Crippen molar-refractivity contribution in [1.82, 2.24) is 0 Å². The van der Waals surface area contributed by atoms with Crippen LogP contribution in [-0.2, 0) is 14.4 Å². The summed E-state index contributed by atoms with van der Waals surface area (Å²) in [5.41, 5.74) is 2.33. The third-order valence-electron chi connectivity index (χ3n) is 7.89. The topological polar surface area (TPSA) is 122 Å². The number of nitrogens with zero attached hydrogens (tertiary/aromatic N) is 3. The molecule has 0 unspecified atom stereocenters. The number of carbonyl (C=O) groups is 3. The molecule has 0 aromatic heterocycles. The van der Waals surface area contributed by atoms with Crippen molar-refractivity contribution in [2.24, 2.45) is 11.8 Å². The molecule has 10 nitrogen and oxygen atoms in total. The Morgan fingerprint density at radius 2 is 1.68 bits per heavy atom. The molecule has 0 aliphatic carbocycles. The van der Waals surface area contributed by atoms with Crippen molar-refractivity contribution in [3.05, 3.63) is 94.6 Å². The Balaban J connectivity index is 1.33. The summed E-state index contributed by atoms with van der Waals surface area (Å²) < 4.78 is 5.73. The maximum Gasteiger partial charge on any atom is 0.269 e. The summed E-state index contributed by atoms with van der Waals surface area (Å²) in [6.45, 7) is 2.66. The fourth-order valence-electron chi connectivity index (χ4n) is 5.98. The molecule has 3 heterocycles. The molecule has 3 aromatic rings. The molecule has 3 aliphatic rings. The van der Waals surface area contributed by atoms with E-state index in [1.165, 1.54) is 29.2 Å². The van der Waals surface area contributed by atoms with E-state index in [0.717, 1.165) is 24.1 Å². The van der Waals surface area contributed by atoms with E-state index >= 15 is 0 Å². The lowest BCUT2D eigenvalue weighted by Crippen LogP contribution is -2.50. The molecule has 3 aliphatic heterocycles. The van der Waals surface area contributed by atoms with E-state index in [-0.39, 0.29) is 11.6 Å². The fraction of sp³-hybridized carbons (Fsp3) is 0.258. The number of fused-ring (bicyclic) bond motifs is 5. The number of rotatable bonds is 8. The van der Waals surface area contributed by atoms with Gasteiger partial charge in [0.2, 0.25) is 17.7 Å². The van der Waals surface area contributed by atoms with Gasteiger partial charge in [0.25, 0.3) is 5.69 Å². The van der Waals surface area contributed by atoms with E-state index in [1.807, 2.05) is 41.3 Å². The molecular weight excluding hydrogens is 524 g/mol. The summed E-state index contributed by atoms with van der Waals surface area (Å²) >= 11 is 0. The summed E-state index contributed by atoms with van der Waals surface area (Å²) in [6.07, 6.45) is 5.74. The van der Waals surface area contributed by atoms with E-state index in [4.69, 9.17) is 4.74 Å². The van der Waals surface area contributed by atoms with Gasteiger partial charge >= 0.3 is 0 Å². The Bertz CT molecular complexity index is 1550. The molecular formula is C31H28N4O6. The average molecular weight is 553 g/mol. The van der Waals surface area contributed by atoms with Crippen LogP contribution in [0.15, 0.2) is 78.9 Å². The molecule has 0 radical (unpaired) electrons. The van der Waals surface area contributed by atoms with Crippen LogP contribution in [0.5, 0.6) is 5.75 Å². The number of amides is 3. The van der Waals surface area contributed by atoms with Gasteiger partial charge in [-0.15, -0.1) is 0 Å². The molecule has 6 rings (SSSR count). The second kappa shape index (κ2) is 10.5. The minimum absolute atomic E-state index is 0.104. The van der Waals surface area contributed by atoms with Crippen LogP contribution in [0.4, 0.5) is 22.7 Å². The Hall–Kier alpha value is -4.99. The first-order valence-corrected chi connectivity index (χ1v) is 13.6. The van der Waals surface area contributed by atoms with Crippen molar-refractivity contribution in [3.8, 4) is 5.75 Å². The monoisotopic (exact) mass is 552 g/mol. The highest BCUT2D eigenvalue weighted by molar-refractivity contribution is 6.25. The number of ether oxygens (including phenoxy) is 1. The number of nitro benzene ring substituents is 1. The number of carbonyl (C=O) groups excluding carboxylic acids is 3. The second-order valence-corrected chi connectivity index (χ2v) is 10.3. The van der Waals surface area contributed by atoms with Crippen molar-refractivity contribution in [2.45, 2.75) is 31.8 Å². The lowest BCUT2D eigenvalue weighted by atomic mass is 9.88. The van der Waals surface area contributed by atoms with Crippen molar-refractivity contribution < 1.29 is 24.0 Å². The SMILES string of the molecule is CCCCOc1ccc(N2C(=O)[C@@H]3[C@H](C2=O)[C@@H](C(=O)Nc2ccc([N+](=O)[O-])cc2)N2c4ccccc4C=C[C@@H]32)cc1. The van der Waals surface area contributed by atoms with Gasteiger partial charge in [0.1, 0.15) is 11.8 Å². The molecule has 0 saturated carbocycles. The van der Waals surface area contributed by atoms with Crippen molar-refractivity contribution in [2.75, 3.05) is 21.7 Å². The van der Waals surface area contributed by atoms with Gasteiger partial charge in [-0.05, 0) is 54.4 Å². The minimum Gasteiger partial charge on any atom is -0.494 e. The number of anilines is 3. The van der Waals surface area contributed by atoms with Crippen LogP contribution in [0.2, 0.25) is 0 Å². The predicted molar refractivity (Wildman–Crippen MR) is 154 cm³/mol. The molecule has 2 fully saturated rings. The molecule has 4 atom stereocenters. The Labute approximate surface area is 236 Å². The second-order valence-electron chi connectivity index (χ2n) is 10.3. The van der Waals surface area contributed by atoms with Crippen LogP contribution < -0.4 is 19.9 Å². The molecule has 10 heteroatoms. The Morgan fingerprint density at radius 1 is 0.976 bits per heavy atom. The molecule has 0 bridgehead atoms. The number of para-hydroxylation sites is 1. The molecule has 2 saturated heterocycles. The molecule has 3 aromatic carbocycles. The number of unbranched alkanes of at least 4 members (excludes halogenated alkanes) is 1. The number of imide groups is 1. The first-order chi connectivity index (χ1) is 19.9. The maximum atomic E-state index is 14.0. The normalized spacial score (nSPS) is 22.3. The fourth-order valence-corrected chi connectivity index (χ4v) is 5.98. The number of nitrogens with one attached hydrogen (secondary N) is 1. The van der Waals surface area contributed by atoms with E-state index in [2.05, 4.69) is 12.2 Å². The zero-order valence-electron chi connectivity index (χ0n) is 22.3. The number of non-ortho nitro benzene ring substituents is 1. The lowest BCUT2D eigenvalue weighted by molar-refractivity contribution is -0.384. The number of benzene rings is 3. The zero-order valence-corrected chi connectivity index (χ0v) is 22.3. The van der Waals surface area contributed by atoms with Gasteiger partial charge in [-0.25, -0.2) is 4.90 Å². The van der Waals surface area contributed by atoms with Crippen molar-refractivity contribution in [1.29, 1.82) is 0 Å². The zero-order chi connectivity index (χ0) is 28.7. The number of nitro groups is 1. The smallest absolute Gasteiger partial charge is 0.269 e. The Kier molecular flexibility index (Phi) is 6.74. The number of hydrogen-bond donors (Lipinski definition) is 1. The van der Waals surface area contributed by atoms with Gasteiger partial charge in [-0.1, -0.05) is 43.7 Å².